The maximum Gasteiger partial charge on any atom is 0.338 e. The Hall–Kier alpha value is -3.22. The predicted octanol–water partition coefficient (Wildman–Crippen LogP) is 2.91. The van der Waals surface area contributed by atoms with Crippen molar-refractivity contribution >= 4 is 23.3 Å². The van der Waals surface area contributed by atoms with Crippen molar-refractivity contribution in [1.29, 1.82) is 0 Å². The Morgan fingerprint density at radius 3 is 2.61 bits per heavy atom. The topological polar surface area (TPSA) is 98.5 Å². The first-order valence-corrected chi connectivity index (χ1v) is 6.74. The number of carbonyl (C=O) groups excluding carboxylic acids is 2. The van der Waals surface area contributed by atoms with Crippen molar-refractivity contribution < 1.29 is 19.2 Å². The molecule has 7 heteroatoms. The lowest BCUT2D eigenvalue weighted by Crippen LogP contribution is -2.09. The highest BCUT2D eigenvalue weighted by Crippen LogP contribution is 2.19. The molecule has 0 unspecified atom stereocenters. The molecule has 0 spiro atoms. The second-order valence-electron chi connectivity index (χ2n) is 4.72. The second-order valence-corrected chi connectivity index (χ2v) is 4.72. The van der Waals surface area contributed by atoms with Gasteiger partial charge in [0.1, 0.15) is 6.61 Å². The first-order valence-electron chi connectivity index (χ1n) is 6.74. The number of hydrogen-bond donors (Lipinski definition) is 1. The van der Waals surface area contributed by atoms with Gasteiger partial charge in [-0.1, -0.05) is 18.2 Å². The Labute approximate surface area is 132 Å². The van der Waals surface area contributed by atoms with Gasteiger partial charge < -0.3 is 10.1 Å². The molecule has 0 atom stereocenters. The minimum absolute atomic E-state index is 0.104. The summed E-state index contributed by atoms with van der Waals surface area (Å²) in [7, 11) is 0. The van der Waals surface area contributed by atoms with Gasteiger partial charge in [0.15, 0.2) is 0 Å². The van der Waals surface area contributed by atoms with E-state index in [0.29, 0.717) is 11.3 Å². The van der Waals surface area contributed by atoms with E-state index in [-0.39, 0.29) is 23.8 Å². The highest BCUT2D eigenvalue weighted by atomic mass is 16.6. The molecule has 0 saturated heterocycles. The standard InChI is InChI=1S/C16H14N2O5/c1-11(19)17-14-7-4-6-12(9-14)16(20)23-10-13-5-2-3-8-15(13)18(21)22/h2-9H,10H2,1H3,(H,17,19). The summed E-state index contributed by atoms with van der Waals surface area (Å²) < 4.78 is 5.11. The van der Waals surface area contributed by atoms with E-state index in [1.165, 1.54) is 31.2 Å². The number of amides is 1. The van der Waals surface area contributed by atoms with E-state index < -0.39 is 10.9 Å². The number of nitro groups is 1. The third-order valence-corrected chi connectivity index (χ3v) is 2.97. The molecule has 118 valence electrons. The van der Waals surface area contributed by atoms with E-state index in [1.807, 2.05) is 0 Å². The molecule has 2 rings (SSSR count). The molecule has 0 aliphatic carbocycles. The maximum absolute atomic E-state index is 12.0. The van der Waals surface area contributed by atoms with Gasteiger partial charge in [-0.25, -0.2) is 4.79 Å². The van der Waals surface area contributed by atoms with Crippen LogP contribution < -0.4 is 5.32 Å². The van der Waals surface area contributed by atoms with E-state index in [9.17, 15) is 19.7 Å². The molecule has 23 heavy (non-hydrogen) atoms. The summed E-state index contributed by atoms with van der Waals surface area (Å²) in [4.78, 5) is 33.4. The third-order valence-electron chi connectivity index (χ3n) is 2.97. The van der Waals surface area contributed by atoms with Crippen LogP contribution in [0.5, 0.6) is 0 Å². The largest absolute Gasteiger partial charge is 0.457 e. The van der Waals surface area contributed by atoms with Crippen LogP contribution in [0.4, 0.5) is 11.4 Å². The molecule has 0 aliphatic rings. The Kier molecular flexibility index (Phi) is 5.03. The summed E-state index contributed by atoms with van der Waals surface area (Å²) in [5.74, 6) is -0.884. The molecule has 7 nitrogen and oxygen atoms in total. The SMILES string of the molecule is CC(=O)Nc1cccc(C(=O)OCc2ccccc2[N+](=O)[O-])c1. The van der Waals surface area contributed by atoms with Crippen molar-refractivity contribution in [3.05, 3.63) is 69.8 Å². The summed E-state index contributed by atoms with van der Waals surface area (Å²) in [6, 6.07) is 12.3. The van der Waals surface area contributed by atoms with Gasteiger partial charge in [-0.05, 0) is 24.3 Å². The first-order chi connectivity index (χ1) is 11.0. The highest BCUT2D eigenvalue weighted by molar-refractivity contribution is 5.93. The van der Waals surface area contributed by atoms with Crippen LogP contribution in [0.15, 0.2) is 48.5 Å². The number of nitro benzene ring substituents is 1. The van der Waals surface area contributed by atoms with Crippen molar-refractivity contribution in [2.24, 2.45) is 0 Å². The molecule has 0 aliphatic heterocycles. The fraction of sp³-hybridized carbons (Fsp3) is 0.125. The lowest BCUT2D eigenvalue weighted by atomic mass is 10.2. The predicted molar refractivity (Wildman–Crippen MR) is 83.0 cm³/mol. The Morgan fingerprint density at radius 2 is 1.91 bits per heavy atom. The lowest BCUT2D eigenvalue weighted by molar-refractivity contribution is -0.385. The number of ether oxygens (including phenoxy) is 1. The minimum atomic E-state index is -0.629. The second kappa shape index (κ2) is 7.17. The number of anilines is 1. The zero-order chi connectivity index (χ0) is 16.8. The molecule has 2 aromatic rings. The molecule has 0 saturated carbocycles. The number of rotatable bonds is 5. The number of esters is 1. The van der Waals surface area contributed by atoms with Crippen LogP contribution in [-0.2, 0) is 16.1 Å². The van der Waals surface area contributed by atoms with E-state index in [2.05, 4.69) is 5.32 Å². The summed E-state index contributed by atoms with van der Waals surface area (Å²) in [6.07, 6.45) is 0. The average Bonchev–Trinajstić information content (AvgIpc) is 2.52. The molecule has 0 heterocycles. The zero-order valence-electron chi connectivity index (χ0n) is 12.3. The van der Waals surface area contributed by atoms with Crippen LogP contribution in [0, 0.1) is 10.1 Å². The number of para-hydroxylation sites is 1. The van der Waals surface area contributed by atoms with Gasteiger partial charge in [-0.15, -0.1) is 0 Å². The van der Waals surface area contributed by atoms with Gasteiger partial charge in [-0.2, -0.15) is 0 Å². The third kappa shape index (κ3) is 4.37. The normalized spacial score (nSPS) is 9.96. The van der Waals surface area contributed by atoms with Crippen LogP contribution in [0.25, 0.3) is 0 Å². The van der Waals surface area contributed by atoms with E-state index in [1.54, 1.807) is 24.3 Å². The van der Waals surface area contributed by atoms with Crippen molar-refractivity contribution in [2.75, 3.05) is 5.32 Å². The lowest BCUT2D eigenvalue weighted by Gasteiger charge is -2.07. The fourth-order valence-corrected chi connectivity index (χ4v) is 1.96. The molecule has 2 aromatic carbocycles. The van der Waals surface area contributed by atoms with Crippen molar-refractivity contribution in [3.8, 4) is 0 Å². The highest BCUT2D eigenvalue weighted by Gasteiger charge is 2.15. The molecule has 0 fully saturated rings. The molecule has 1 amide bonds. The molecule has 0 radical (unpaired) electrons. The van der Waals surface area contributed by atoms with Crippen molar-refractivity contribution in [2.45, 2.75) is 13.5 Å². The Morgan fingerprint density at radius 1 is 1.17 bits per heavy atom. The monoisotopic (exact) mass is 314 g/mol. The van der Waals surface area contributed by atoms with Crippen LogP contribution in [0.2, 0.25) is 0 Å². The molecule has 1 N–H and O–H groups in total. The van der Waals surface area contributed by atoms with Gasteiger partial charge in [0, 0.05) is 18.7 Å². The number of nitrogens with zero attached hydrogens (tertiary/aromatic N) is 1. The summed E-state index contributed by atoms with van der Waals surface area (Å²) in [6.45, 7) is 1.15. The van der Waals surface area contributed by atoms with Gasteiger partial charge in [0.2, 0.25) is 5.91 Å². The number of hydrogen-bond acceptors (Lipinski definition) is 5. The summed E-state index contributed by atoms with van der Waals surface area (Å²) in [5.41, 5.74) is 0.920. The molecule has 0 bridgehead atoms. The smallest absolute Gasteiger partial charge is 0.338 e. The minimum Gasteiger partial charge on any atom is -0.457 e. The summed E-state index contributed by atoms with van der Waals surface area (Å²) >= 11 is 0. The van der Waals surface area contributed by atoms with Crippen LogP contribution in [0.1, 0.15) is 22.8 Å². The molecular weight excluding hydrogens is 300 g/mol. The van der Waals surface area contributed by atoms with Crippen molar-refractivity contribution in [3.63, 3.8) is 0 Å². The Balaban J connectivity index is 2.08. The average molecular weight is 314 g/mol. The van der Waals surface area contributed by atoms with Crippen LogP contribution in [-0.4, -0.2) is 16.8 Å². The molecule has 0 aromatic heterocycles. The van der Waals surface area contributed by atoms with Gasteiger partial charge >= 0.3 is 5.97 Å². The van der Waals surface area contributed by atoms with Crippen molar-refractivity contribution in [1.82, 2.24) is 0 Å². The fourth-order valence-electron chi connectivity index (χ4n) is 1.96. The quantitative estimate of drug-likeness (QED) is 0.520. The Bertz CT molecular complexity index is 758. The van der Waals surface area contributed by atoms with Crippen LogP contribution >= 0.6 is 0 Å². The molecular formula is C16H14N2O5. The maximum atomic E-state index is 12.0. The van der Waals surface area contributed by atoms with E-state index in [4.69, 9.17) is 4.74 Å². The number of carbonyl (C=O) groups is 2. The number of nitrogens with one attached hydrogen (secondary N) is 1. The van der Waals surface area contributed by atoms with Gasteiger partial charge in [-0.3, -0.25) is 14.9 Å². The first kappa shape index (κ1) is 16.2. The number of benzene rings is 2. The zero-order valence-corrected chi connectivity index (χ0v) is 12.3. The van der Waals surface area contributed by atoms with Gasteiger partial charge in [0.25, 0.3) is 5.69 Å². The van der Waals surface area contributed by atoms with E-state index >= 15 is 0 Å². The van der Waals surface area contributed by atoms with E-state index in [0.717, 1.165) is 0 Å². The summed E-state index contributed by atoms with van der Waals surface area (Å²) in [5, 5.41) is 13.5. The van der Waals surface area contributed by atoms with Crippen LogP contribution in [0.3, 0.4) is 0 Å². The van der Waals surface area contributed by atoms with Gasteiger partial charge in [0.05, 0.1) is 16.1 Å².